The van der Waals surface area contributed by atoms with Crippen LogP contribution in [0.3, 0.4) is 0 Å². The van der Waals surface area contributed by atoms with Crippen molar-refractivity contribution in [1.82, 2.24) is 4.90 Å². The summed E-state index contributed by atoms with van der Waals surface area (Å²) < 4.78 is 0. The summed E-state index contributed by atoms with van der Waals surface area (Å²) in [5.41, 5.74) is 3.55. The van der Waals surface area contributed by atoms with Gasteiger partial charge in [0.05, 0.1) is 0 Å². The summed E-state index contributed by atoms with van der Waals surface area (Å²) in [4.78, 5) is 1.93. The van der Waals surface area contributed by atoms with E-state index in [-0.39, 0.29) is 4.87 Å². The largest absolute Gasteiger partial charge is 0.326 e. The van der Waals surface area contributed by atoms with Crippen LogP contribution in [0.25, 0.3) is 0 Å². The van der Waals surface area contributed by atoms with Crippen LogP contribution >= 0.6 is 11.8 Å². The fraction of sp³-hybridized carbons (Fsp3) is 0.188. The lowest BCUT2D eigenvalue weighted by molar-refractivity contribution is 0.352. The second-order valence-electron chi connectivity index (χ2n) is 5.03. The molecule has 1 atom stereocenters. The Hall–Kier alpha value is -1.94. The van der Waals surface area contributed by atoms with Gasteiger partial charge in [-0.1, -0.05) is 48.5 Å². The van der Waals surface area contributed by atoms with Crippen molar-refractivity contribution in [1.29, 1.82) is 5.41 Å². The smallest absolute Gasteiger partial charge is 0.197 e. The van der Waals surface area contributed by atoms with Crippen LogP contribution < -0.4 is 5.32 Å². The van der Waals surface area contributed by atoms with E-state index in [2.05, 4.69) is 52.7 Å². The summed E-state index contributed by atoms with van der Waals surface area (Å²) in [6.07, 6.45) is 0. The molecule has 0 radical (unpaired) electrons. The van der Waals surface area contributed by atoms with E-state index in [9.17, 15) is 0 Å². The molecule has 2 aromatic carbocycles. The number of fused-ring (bicyclic) bond motifs is 3. The van der Waals surface area contributed by atoms with Crippen molar-refractivity contribution in [3.8, 4) is 0 Å². The van der Waals surface area contributed by atoms with E-state index >= 15 is 0 Å². The Morgan fingerprint density at radius 3 is 2.65 bits per heavy atom. The highest BCUT2D eigenvalue weighted by atomic mass is 32.2. The van der Waals surface area contributed by atoms with Gasteiger partial charge >= 0.3 is 0 Å². The zero-order valence-electron chi connectivity index (χ0n) is 11.0. The number of rotatable bonds is 1. The molecule has 2 N–H and O–H groups in total. The van der Waals surface area contributed by atoms with E-state index in [0.29, 0.717) is 5.96 Å². The lowest BCUT2D eigenvalue weighted by Crippen LogP contribution is -2.50. The summed E-state index contributed by atoms with van der Waals surface area (Å²) >= 11 is 1.92. The van der Waals surface area contributed by atoms with Crippen LogP contribution in [0.15, 0.2) is 54.6 Å². The number of hydrogen-bond donors (Lipinski definition) is 2. The number of nitrogens with one attached hydrogen (secondary N) is 2. The molecule has 1 unspecified atom stereocenters. The maximum Gasteiger partial charge on any atom is 0.197 e. The minimum atomic E-state index is -0.250. The van der Waals surface area contributed by atoms with Crippen molar-refractivity contribution in [3.05, 3.63) is 65.7 Å². The van der Waals surface area contributed by atoms with Crippen molar-refractivity contribution in [2.75, 3.05) is 17.6 Å². The van der Waals surface area contributed by atoms with Gasteiger partial charge < -0.3 is 10.2 Å². The summed E-state index contributed by atoms with van der Waals surface area (Å²) in [5.74, 6) is 1.53. The first-order chi connectivity index (χ1) is 9.82. The van der Waals surface area contributed by atoms with Crippen LogP contribution in [0.2, 0.25) is 0 Å². The molecule has 1 saturated heterocycles. The van der Waals surface area contributed by atoms with Gasteiger partial charge in [-0.25, -0.2) is 0 Å². The molecule has 2 heterocycles. The summed E-state index contributed by atoms with van der Waals surface area (Å²) in [6.45, 7) is 0.903. The Balaban J connectivity index is 2.01. The number of hydrogen-bond acceptors (Lipinski definition) is 2. The van der Waals surface area contributed by atoms with E-state index in [1.807, 2.05) is 23.9 Å². The quantitative estimate of drug-likeness (QED) is 0.842. The lowest BCUT2D eigenvalue weighted by atomic mass is 9.93. The molecule has 0 amide bonds. The molecule has 4 rings (SSSR count). The number of anilines is 1. The molecule has 4 heteroatoms. The highest BCUT2D eigenvalue weighted by molar-refractivity contribution is 8.00. The Morgan fingerprint density at radius 1 is 1.05 bits per heavy atom. The normalized spacial score (nSPS) is 24.0. The molecule has 0 spiro atoms. The highest BCUT2D eigenvalue weighted by Crippen LogP contribution is 2.53. The van der Waals surface area contributed by atoms with Gasteiger partial charge in [0.25, 0.3) is 0 Å². The Labute approximate surface area is 122 Å². The van der Waals surface area contributed by atoms with Crippen molar-refractivity contribution in [2.45, 2.75) is 4.87 Å². The predicted octanol–water partition coefficient (Wildman–Crippen LogP) is 3.30. The van der Waals surface area contributed by atoms with Gasteiger partial charge in [0.15, 0.2) is 5.96 Å². The monoisotopic (exact) mass is 281 g/mol. The zero-order chi connectivity index (χ0) is 13.6. The van der Waals surface area contributed by atoms with Gasteiger partial charge in [-0.15, -0.1) is 11.8 Å². The summed E-state index contributed by atoms with van der Waals surface area (Å²) in [6, 6.07) is 18.9. The molecule has 2 aliphatic heterocycles. The molecular formula is C16H15N3S. The molecular weight excluding hydrogens is 266 g/mol. The third-order valence-electron chi connectivity index (χ3n) is 3.99. The van der Waals surface area contributed by atoms with Crippen LogP contribution in [0.5, 0.6) is 0 Å². The first-order valence-electron chi connectivity index (χ1n) is 6.74. The fourth-order valence-corrected chi connectivity index (χ4v) is 4.70. The average Bonchev–Trinajstić information content (AvgIpc) is 2.95. The first kappa shape index (κ1) is 11.9. The summed E-state index contributed by atoms with van der Waals surface area (Å²) in [7, 11) is 0. The number of guanidine groups is 1. The molecule has 0 aliphatic carbocycles. The maximum absolute atomic E-state index is 8.32. The van der Waals surface area contributed by atoms with Gasteiger partial charge in [0.2, 0.25) is 0 Å². The van der Waals surface area contributed by atoms with E-state index < -0.39 is 0 Å². The SMILES string of the molecule is N=C1Nc2ccccc2C2(c3ccccc3)SCCN12. The zero-order valence-corrected chi connectivity index (χ0v) is 11.8. The second-order valence-corrected chi connectivity index (χ2v) is 6.32. The Bertz CT molecular complexity index is 670. The minimum absolute atomic E-state index is 0.250. The fourth-order valence-electron chi connectivity index (χ4n) is 3.15. The highest BCUT2D eigenvalue weighted by Gasteiger charge is 2.49. The predicted molar refractivity (Wildman–Crippen MR) is 84.2 cm³/mol. The Morgan fingerprint density at radius 2 is 1.80 bits per heavy atom. The number of nitrogens with zero attached hydrogens (tertiary/aromatic N) is 1. The number of benzene rings is 2. The molecule has 20 heavy (non-hydrogen) atoms. The van der Waals surface area contributed by atoms with Gasteiger partial charge in [-0.2, -0.15) is 0 Å². The van der Waals surface area contributed by atoms with Crippen LogP contribution in [-0.2, 0) is 4.87 Å². The van der Waals surface area contributed by atoms with Crippen LogP contribution in [-0.4, -0.2) is 23.2 Å². The standard InChI is InChI=1S/C16H15N3S/c17-15-18-14-9-5-4-8-13(14)16(19(15)10-11-20-16)12-6-2-1-3-7-12/h1-9H,10-11H2,(H2,17,18). The van der Waals surface area contributed by atoms with Gasteiger partial charge in [0.1, 0.15) is 4.87 Å². The maximum atomic E-state index is 8.32. The van der Waals surface area contributed by atoms with Crippen molar-refractivity contribution in [3.63, 3.8) is 0 Å². The van der Waals surface area contributed by atoms with Gasteiger partial charge in [-0.3, -0.25) is 5.41 Å². The molecule has 2 aromatic rings. The van der Waals surface area contributed by atoms with E-state index in [4.69, 9.17) is 5.41 Å². The minimum Gasteiger partial charge on any atom is -0.326 e. The lowest BCUT2D eigenvalue weighted by Gasteiger charge is -2.44. The van der Waals surface area contributed by atoms with E-state index in [1.165, 1.54) is 11.1 Å². The number of thioether (sulfide) groups is 1. The molecule has 2 aliphatic rings. The molecule has 1 fully saturated rings. The molecule has 100 valence electrons. The second kappa shape index (κ2) is 4.28. The number of para-hydroxylation sites is 1. The average molecular weight is 281 g/mol. The topological polar surface area (TPSA) is 39.1 Å². The van der Waals surface area contributed by atoms with Gasteiger partial charge in [-0.05, 0) is 11.6 Å². The Kier molecular flexibility index (Phi) is 2.54. The van der Waals surface area contributed by atoms with Crippen molar-refractivity contribution >= 4 is 23.4 Å². The first-order valence-corrected chi connectivity index (χ1v) is 7.73. The van der Waals surface area contributed by atoms with Crippen molar-refractivity contribution < 1.29 is 0 Å². The van der Waals surface area contributed by atoms with Crippen LogP contribution in [0, 0.1) is 5.41 Å². The van der Waals surface area contributed by atoms with Crippen molar-refractivity contribution in [2.24, 2.45) is 0 Å². The van der Waals surface area contributed by atoms with E-state index in [0.717, 1.165) is 18.0 Å². The molecule has 0 aromatic heterocycles. The van der Waals surface area contributed by atoms with Crippen LogP contribution in [0.1, 0.15) is 11.1 Å². The molecule has 0 saturated carbocycles. The molecule has 0 bridgehead atoms. The summed E-state index contributed by atoms with van der Waals surface area (Å²) in [5, 5.41) is 11.5. The van der Waals surface area contributed by atoms with E-state index in [1.54, 1.807) is 0 Å². The van der Waals surface area contributed by atoms with Crippen LogP contribution in [0.4, 0.5) is 5.69 Å². The third kappa shape index (κ3) is 1.45. The van der Waals surface area contributed by atoms with Gasteiger partial charge in [0, 0.05) is 23.5 Å². The molecule has 3 nitrogen and oxygen atoms in total. The third-order valence-corrected chi connectivity index (χ3v) is 5.47.